The first-order chi connectivity index (χ1) is 38.4. The summed E-state index contributed by atoms with van der Waals surface area (Å²) >= 11 is 9.51. The summed E-state index contributed by atoms with van der Waals surface area (Å²) in [5.41, 5.74) is 7.71. The Morgan fingerprint density at radius 2 is 1.58 bits per heavy atom. The molecule has 20 heteroatoms. The van der Waals surface area contributed by atoms with Crippen molar-refractivity contribution in [1.82, 2.24) is 40.6 Å². The average Bonchev–Trinajstić information content (AvgIpc) is 3.99. The molecule has 4 aromatic heterocycles. The fourth-order valence-corrected chi connectivity index (χ4v) is 12.9. The van der Waals surface area contributed by atoms with Crippen LogP contribution in [0.1, 0.15) is 148 Å². The Hall–Kier alpha value is -7.22. The van der Waals surface area contributed by atoms with Gasteiger partial charge in [0.25, 0.3) is 5.91 Å². The number of amides is 4. The minimum Gasteiger partial charge on any atom is -0.490 e. The van der Waals surface area contributed by atoms with Gasteiger partial charge in [0.2, 0.25) is 17.7 Å². The number of hydrogen-bond donors (Lipinski definition) is 3. The lowest BCUT2D eigenvalue weighted by molar-refractivity contribution is -0.151. The van der Waals surface area contributed by atoms with E-state index in [9.17, 15) is 24.0 Å². The summed E-state index contributed by atoms with van der Waals surface area (Å²) in [6, 6.07) is 19.2. The van der Waals surface area contributed by atoms with Crippen LogP contribution in [0, 0.1) is 38.5 Å². The molecule has 0 radical (unpaired) electrons. The van der Waals surface area contributed by atoms with Gasteiger partial charge in [0, 0.05) is 51.7 Å². The quantitative estimate of drug-likeness (QED) is 0.0822. The summed E-state index contributed by atoms with van der Waals surface area (Å²) < 4.78 is 20.4. The number of esters is 1. The Morgan fingerprint density at radius 1 is 0.864 bits per heavy atom. The van der Waals surface area contributed by atoms with Gasteiger partial charge in [-0.25, -0.2) is 4.98 Å². The topological polar surface area (TPSA) is 212 Å². The number of likely N-dealkylation sites (tertiary alicyclic amines) is 1. The molecule has 6 heterocycles. The molecule has 17 nitrogen and oxygen atoms in total. The number of thiazole rings is 1. The predicted molar refractivity (Wildman–Crippen MR) is 313 cm³/mol. The van der Waals surface area contributed by atoms with Crippen LogP contribution in [0.3, 0.4) is 0 Å². The number of furan rings is 1. The number of benzene rings is 3. The Kier molecular flexibility index (Phi) is 15.9. The Bertz CT molecular complexity index is 3580. The van der Waals surface area contributed by atoms with Gasteiger partial charge in [-0.1, -0.05) is 89.5 Å². The molecule has 3 N–H and O–H groups in total. The molecule has 5 atom stereocenters. The van der Waals surface area contributed by atoms with Crippen molar-refractivity contribution in [2.45, 2.75) is 151 Å². The van der Waals surface area contributed by atoms with Crippen LogP contribution in [0.25, 0.3) is 26.4 Å². The van der Waals surface area contributed by atoms with E-state index in [0.717, 1.165) is 54.0 Å². The van der Waals surface area contributed by atoms with Crippen LogP contribution in [-0.4, -0.2) is 96.8 Å². The molecule has 81 heavy (non-hydrogen) atoms. The third kappa shape index (κ3) is 12.4. The Labute approximate surface area is 484 Å². The summed E-state index contributed by atoms with van der Waals surface area (Å²) in [4.78, 5) is 83.5. The highest BCUT2D eigenvalue weighted by atomic mass is 35.5. The monoisotopic (exact) mass is 1150 g/mol. The van der Waals surface area contributed by atoms with Crippen molar-refractivity contribution in [3.63, 3.8) is 0 Å². The zero-order valence-corrected chi connectivity index (χ0v) is 49.8. The van der Waals surface area contributed by atoms with Gasteiger partial charge in [0.1, 0.15) is 52.5 Å². The molecule has 2 fully saturated rings. The number of aromatic nitrogens is 4. The van der Waals surface area contributed by atoms with E-state index in [4.69, 9.17) is 30.5 Å². The average molecular weight is 1150 g/mol. The highest BCUT2D eigenvalue weighted by molar-refractivity contribution is 7.15. The van der Waals surface area contributed by atoms with Crippen LogP contribution < -0.4 is 20.7 Å². The normalized spacial score (nSPS) is 19.6. The molecular formula is C61H68ClN9O8S2. The Balaban J connectivity index is 0.780. The van der Waals surface area contributed by atoms with Gasteiger partial charge >= 0.3 is 5.97 Å². The molecule has 2 aliphatic heterocycles. The summed E-state index contributed by atoms with van der Waals surface area (Å²) in [6.07, 6.45) is 0.563. The number of nitrogens with zero attached hydrogens (tertiary/aromatic N) is 6. The highest BCUT2D eigenvalue weighted by Gasteiger charge is 2.47. The Morgan fingerprint density at radius 3 is 2.26 bits per heavy atom. The first-order valence-corrected chi connectivity index (χ1v) is 29.4. The molecule has 3 aromatic carbocycles. The molecule has 0 unspecified atom stereocenters. The van der Waals surface area contributed by atoms with E-state index in [-0.39, 0.29) is 55.0 Å². The number of carbonyl (C=O) groups is 5. The lowest BCUT2D eigenvalue weighted by Crippen LogP contribution is -2.57. The fraction of sp³-hybridized carbons (Fsp3) is 0.426. The molecule has 4 amide bonds. The van der Waals surface area contributed by atoms with Crippen LogP contribution in [0.2, 0.25) is 5.02 Å². The van der Waals surface area contributed by atoms with E-state index in [1.54, 1.807) is 46.9 Å². The molecule has 1 saturated heterocycles. The van der Waals surface area contributed by atoms with Gasteiger partial charge in [0.15, 0.2) is 11.6 Å². The van der Waals surface area contributed by atoms with Gasteiger partial charge in [-0.15, -0.1) is 32.9 Å². The molecule has 0 spiro atoms. The number of aliphatic imine (C=N–C) groups is 1. The number of carbonyl (C=O) groups excluding carboxylic acids is 5. The maximum Gasteiger partial charge on any atom is 0.306 e. The lowest BCUT2D eigenvalue weighted by atomic mass is 9.85. The van der Waals surface area contributed by atoms with Crippen molar-refractivity contribution in [2.24, 2.45) is 15.8 Å². The fourth-order valence-electron chi connectivity index (χ4n) is 10.7. The summed E-state index contributed by atoms with van der Waals surface area (Å²) in [7, 11) is 0. The van der Waals surface area contributed by atoms with E-state index in [1.807, 2.05) is 121 Å². The SMILES string of the molecule is Cc1ncsc1-c1ccc([C@H](C)NC(=O)[C@@H]2C[C@@H](OC(=O)CC(C)(C)C)CN2C(=O)[C@@H](NC(=O)c2cc3cc(O[C@H]4C[C@@H](NC(=O)C[C@@H]5N=C(c6ccc(Cl)cc6)c6c(sc(C)c6C)-n6c(C)nnc65)C4)ccc3o2)C(C)(C)C)cc1. The van der Waals surface area contributed by atoms with Crippen molar-refractivity contribution >= 4 is 80.6 Å². The first kappa shape index (κ1) is 57.0. The lowest BCUT2D eigenvalue weighted by Gasteiger charge is -2.36. The van der Waals surface area contributed by atoms with E-state index in [0.29, 0.717) is 46.2 Å². The van der Waals surface area contributed by atoms with E-state index >= 15 is 0 Å². The smallest absolute Gasteiger partial charge is 0.306 e. The molecule has 7 aromatic rings. The molecule has 424 valence electrons. The summed E-state index contributed by atoms with van der Waals surface area (Å²) in [5, 5.41) is 20.4. The number of hydrogen-bond acceptors (Lipinski definition) is 14. The minimum absolute atomic E-state index is 0.0155. The van der Waals surface area contributed by atoms with Gasteiger partial charge in [-0.05, 0) is 98.5 Å². The standard InChI is InChI=1S/C61H68ClN9O8S2/c1-31-34(4)81-59-51(31)52(37-16-18-40(62)19-17-37)66-45(55-69-68-35(5)71(55)59)27-49(72)65-41-24-43(25-41)77-42-20-21-47-39(22-42)23-48(79-47)57(75)67-54(61(9,10)11)58(76)70-29-44(78-50(73)28-60(6,7)8)26-46(70)56(74)64-32(2)36-12-14-38(15-13-36)53-33(3)63-30-80-53/h12-23,30,32,41,43-46,54H,24-29H2,1-11H3,(H,64,74)(H,65,72)(H,67,75)/t32-,41-,43+,44+,45-,46-,54+/m0/s1. The number of thiophene rings is 1. The van der Waals surface area contributed by atoms with Crippen LogP contribution in [0.4, 0.5) is 0 Å². The first-order valence-electron chi connectivity index (χ1n) is 27.3. The zero-order valence-electron chi connectivity index (χ0n) is 47.4. The third-order valence-corrected chi connectivity index (χ3v) is 17.6. The van der Waals surface area contributed by atoms with Gasteiger partial charge < -0.3 is 34.7 Å². The van der Waals surface area contributed by atoms with E-state index in [1.165, 1.54) is 4.90 Å². The van der Waals surface area contributed by atoms with Gasteiger partial charge in [0.05, 0.1) is 47.2 Å². The number of nitrogens with one attached hydrogen (secondary N) is 3. The number of rotatable bonds is 15. The van der Waals surface area contributed by atoms with Crippen molar-refractivity contribution in [1.29, 1.82) is 0 Å². The molecule has 1 saturated carbocycles. The largest absolute Gasteiger partial charge is 0.490 e. The second-order valence-electron chi connectivity index (χ2n) is 23.9. The minimum atomic E-state index is -1.11. The van der Waals surface area contributed by atoms with Crippen LogP contribution in [0.5, 0.6) is 5.75 Å². The maximum absolute atomic E-state index is 14.9. The zero-order chi connectivity index (χ0) is 57.8. The van der Waals surface area contributed by atoms with Crippen molar-refractivity contribution in [3.8, 4) is 21.2 Å². The van der Waals surface area contributed by atoms with Crippen LogP contribution >= 0.6 is 34.3 Å². The van der Waals surface area contributed by atoms with Crippen molar-refractivity contribution in [3.05, 3.63) is 134 Å². The maximum atomic E-state index is 14.9. The van der Waals surface area contributed by atoms with Gasteiger partial charge in [-0.3, -0.25) is 33.5 Å². The number of halogens is 1. The van der Waals surface area contributed by atoms with E-state index in [2.05, 4.69) is 45.0 Å². The number of ether oxygens (including phenoxy) is 2. The second-order valence-corrected chi connectivity index (χ2v) is 26.4. The predicted octanol–water partition coefficient (Wildman–Crippen LogP) is 11.1. The summed E-state index contributed by atoms with van der Waals surface area (Å²) in [5.74, 6) is -0.220. The van der Waals surface area contributed by atoms with E-state index < -0.39 is 59.4 Å². The number of aryl methyl sites for hydroxylation is 3. The second kappa shape index (κ2) is 22.6. The third-order valence-electron chi connectivity index (χ3n) is 15.2. The molecule has 1 aliphatic carbocycles. The molecule has 3 aliphatic rings. The van der Waals surface area contributed by atoms with Gasteiger partial charge in [-0.2, -0.15) is 0 Å². The van der Waals surface area contributed by atoms with Crippen LogP contribution in [0.15, 0.2) is 87.7 Å². The molecule has 10 rings (SSSR count). The molecule has 0 bridgehead atoms. The van der Waals surface area contributed by atoms with Crippen molar-refractivity contribution < 1.29 is 37.9 Å². The van der Waals surface area contributed by atoms with Crippen molar-refractivity contribution in [2.75, 3.05) is 6.54 Å². The highest BCUT2D eigenvalue weighted by Crippen LogP contribution is 2.41. The van der Waals surface area contributed by atoms with Crippen LogP contribution in [-0.2, 0) is 23.9 Å². The summed E-state index contributed by atoms with van der Waals surface area (Å²) in [6.45, 7) is 21.2. The number of fused-ring (bicyclic) bond motifs is 4. The molecular weight excluding hydrogens is 1090 g/mol.